The third-order valence-electron chi connectivity index (χ3n) is 2.40. The van der Waals surface area contributed by atoms with Crippen LogP contribution in [0.4, 0.5) is 0 Å². The van der Waals surface area contributed by atoms with E-state index in [1.807, 2.05) is 19.1 Å². The molecule has 0 aliphatic carbocycles. The lowest BCUT2D eigenvalue weighted by atomic mass is 10.1. The number of hydrogen-bond donors (Lipinski definition) is 0. The Kier molecular flexibility index (Phi) is 3.23. The highest BCUT2D eigenvalue weighted by molar-refractivity contribution is 5.35. The van der Waals surface area contributed by atoms with E-state index in [1.54, 1.807) is 0 Å². The van der Waals surface area contributed by atoms with E-state index in [1.165, 1.54) is 5.56 Å². The number of ether oxygens (including phenoxy) is 3. The molecule has 0 N–H and O–H groups in total. The fourth-order valence-corrected chi connectivity index (χ4v) is 1.62. The van der Waals surface area contributed by atoms with E-state index in [-0.39, 0.29) is 6.29 Å². The lowest BCUT2D eigenvalue weighted by molar-refractivity contribution is -0.0685. The zero-order chi connectivity index (χ0) is 10.7. The molecule has 1 fully saturated rings. The molecule has 15 heavy (non-hydrogen) atoms. The van der Waals surface area contributed by atoms with E-state index in [4.69, 9.17) is 14.2 Å². The molecular weight excluding hydrogens is 192 g/mol. The van der Waals surface area contributed by atoms with Crippen LogP contribution in [0.2, 0.25) is 0 Å². The van der Waals surface area contributed by atoms with Gasteiger partial charge in [-0.1, -0.05) is 17.7 Å². The summed E-state index contributed by atoms with van der Waals surface area (Å²) < 4.78 is 16.2. The lowest BCUT2D eigenvalue weighted by Crippen LogP contribution is -2.18. The largest absolute Gasteiger partial charge is 0.488 e. The van der Waals surface area contributed by atoms with Crippen LogP contribution in [0.5, 0.6) is 5.75 Å². The van der Waals surface area contributed by atoms with Gasteiger partial charge in [-0.05, 0) is 25.5 Å². The first kappa shape index (κ1) is 10.5. The Morgan fingerprint density at radius 1 is 1.27 bits per heavy atom. The van der Waals surface area contributed by atoms with Crippen LogP contribution in [-0.2, 0) is 9.47 Å². The van der Waals surface area contributed by atoms with E-state index < -0.39 is 0 Å². The molecule has 0 bridgehead atoms. The van der Waals surface area contributed by atoms with Crippen molar-refractivity contribution in [3.8, 4) is 5.75 Å². The Morgan fingerprint density at radius 3 is 2.67 bits per heavy atom. The maximum absolute atomic E-state index is 5.63. The molecule has 0 unspecified atom stereocenters. The molecule has 0 saturated carbocycles. The first-order valence-electron chi connectivity index (χ1n) is 5.19. The second-order valence-electron chi connectivity index (χ2n) is 3.75. The van der Waals surface area contributed by atoms with Crippen molar-refractivity contribution in [3.63, 3.8) is 0 Å². The average Bonchev–Trinajstić information content (AvgIpc) is 2.69. The van der Waals surface area contributed by atoms with Gasteiger partial charge in [0.2, 0.25) is 0 Å². The average molecular weight is 208 g/mol. The highest BCUT2D eigenvalue weighted by atomic mass is 16.7. The molecule has 0 aromatic heterocycles. The fourth-order valence-electron chi connectivity index (χ4n) is 1.62. The van der Waals surface area contributed by atoms with E-state index in [0.717, 1.165) is 11.3 Å². The van der Waals surface area contributed by atoms with Gasteiger partial charge in [-0.25, -0.2) is 0 Å². The van der Waals surface area contributed by atoms with Crippen LogP contribution >= 0.6 is 0 Å². The summed E-state index contributed by atoms with van der Waals surface area (Å²) >= 11 is 0. The summed E-state index contributed by atoms with van der Waals surface area (Å²) in [4.78, 5) is 0. The summed E-state index contributed by atoms with van der Waals surface area (Å²) in [7, 11) is 0. The van der Waals surface area contributed by atoms with Crippen LogP contribution in [0, 0.1) is 13.8 Å². The second-order valence-corrected chi connectivity index (χ2v) is 3.75. The van der Waals surface area contributed by atoms with Crippen molar-refractivity contribution in [1.82, 2.24) is 0 Å². The molecule has 1 aliphatic heterocycles. The van der Waals surface area contributed by atoms with Gasteiger partial charge in [0.15, 0.2) is 6.29 Å². The zero-order valence-corrected chi connectivity index (χ0v) is 9.16. The molecule has 3 nitrogen and oxygen atoms in total. The second kappa shape index (κ2) is 4.64. The fraction of sp³-hybridized carbons (Fsp3) is 0.500. The first-order valence-corrected chi connectivity index (χ1v) is 5.19. The zero-order valence-electron chi connectivity index (χ0n) is 9.16. The molecule has 1 aromatic rings. The van der Waals surface area contributed by atoms with Crippen molar-refractivity contribution in [2.75, 3.05) is 19.8 Å². The van der Waals surface area contributed by atoms with Gasteiger partial charge in [0.1, 0.15) is 12.4 Å². The Morgan fingerprint density at radius 2 is 2.00 bits per heavy atom. The van der Waals surface area contributed by atoms with E-state index in [0.29, 0.717) is 19.8 Å². The number of benzene rings is 1. The summed E-state index contributed by atoms with van der Waals surface area (Å²) in [5.41, 5.74) is 2.39. The molecule has 1 aliphatic rings. The molecule has 0 radical (unpaired) electrons. The molecule has 0 atom stereocenters. The molecule has 0 spiro atoms. The predicted molar refractivity (Wildman–Crippen MR) is 57.1 cm³/mol. The van der Waals surface area contributed by atoms with Gasteiger partial charge >= 0.3 is 0 Å². The van der Waals surface area contributed by atoms with Crippen LogP contribution in [0.1, 0.15) is 11.1 Å². The van der Waals surface area contributed by atoms with Crippen LogP contribution < -0.4 is 4.74 Å². The predicted octanol–water partition coefficient (Wildman–Crippen LogP) is 2.06. The summed E-state index contributed by atoms with van der Waals surface area (Å²) in [6, 6.07) is 6.13. The van der Waals surface area contributed by atoms with E-state index in [2.05, 4.69) is 13.0 Å². The number of rotatable bonds is 3. The summed E-state index contributed by atoms with van der Waals surface area (Å²) in [6.07, 6.45) is -0.203. The molecule has 3 heteroatoms. The maximum atomic E-state index is 5.63. The third kappa shape index (κ3) is 2.70. The van der Waals surface area contributed by atoms with Gasteiger partial charge in [-0.15, -0.1) is 0 Å². The van der Waals surface area contributed by atoms with Crippen LogP contribution in [0.25, 0.3) is 0 Å². The van der Waals surface area contributed by atoms with Gasteiger partial charge in [-0.2, -0.15) is 0 Å². The maximum Gasteiger partial charge on any atom is 0.191 e. The minimum Gasteiger partial charge on any atom is -0.488 e. The molecule has 82 valence electrons. The first-order chi connectivity index (χ1) is 7.25. The Bertz CT molecular complexity index is 330. The quantitative estimate of drug-likeness (QED) is 0.761. The minimum absolute atomic E-state index is 0.203. The highest BCUT2D eigenvalue weighted by Gasteiger charge is 2.16. The van der Waals surface area contributed by atoms with Crippen molar-refractivity contribution in [2.45, 2.75) is 20.1 Å². The molecule has 2 rings (SSSR count). The van der Waals surface area contributed by atoms with Crippen molar-refractivity contribution < 1.29 is 14.2 Å². The van der Waals surface area contributed by atoms with Crippen LogP contribution in [-0.4, -0.2) is 26.1 Å². The Balaban J connectivity index is 1.92. The molecule has 1 heterocycles. The molecule has 0 amide bonds. The number of hydrogen-bond acceptors (Lipinski definition) is 3. The normalized spacial score (nSPS) is 16.9. The van der Waals surface area contributed by atoms with E-state index >= 15 is 0 Å². The molecular formula is C12H16O3. The third-order valence-corrected chi connectivity index (χ3v) is 2.40. The van der Waals surface area contributed by atoms with Crippen molar-refractivity contribution in [3.05, 3.63) is 29.3 Å². The summed E-state index contributed by atoms with van der Waals surface area (Å²) in [5.74, 6) is 0.903. The van der Waals surface area contributed by atoms with Crippen LogP contribution in [0.3, 0.4) is 0 Å². The van der Waals surface area contributed by atoms with Crippen molar-refractivity contribution >= 4 is 0 Å². The van der Waals surface area contributed by atoms with Crippen molar-refractivity contribution in [1.29, 1.82) is 0 Å². The standard InChI is InChI=1S/C12H16O3/c1-9-3-4-11(10(2)7-9)15-8-12-13-5-6-14-12/h3-4,7,12H,5-6,8H2,1-2H3. The van der Waals surface area contributed by atoms with Gasteiger partial charge in [-0.3, -0.25) is 0 Å². The van der Waals surface area contributed by atoms with Crippen molar-refractivity contribution in [2.24, 2.45) is 0 Å². The SMILES string of the molecule is Cc1ccc(OCC2OCCO2)c(C)c1. The van der Waals surface area contributed by atoms with Gasteiger partial charge in [0.25, 0.3) is 0 Å². The van der Waals surface area contributed by atoms with Crippen LogP contribution in [0.15, 0.2) is 18.2 Å². The molecule has 1 saturated heterocycles. The molecule has 1 aromatic carbocycles. The van der Waals surface area contributed by atoms with Gasteiger partial charge < -0.3 is 14.2 Å². The number of aryl methyl sites for hydroxylation is 2. The monoisotopic (exact) mass is 208 g/mol. The van der Waals surface area contributed by atoms with Gasteiger partial charge in [0, 0.05) is 0 Å². The highest BCUT2D eigenvalue weighted by Crippen LogP contribution is 2.19. The topological polar surface area (TPSA) is 27.7 Å². The van der Waals surface area contributed by atoms with Gasteiger partial charge in [0.05, 0.1) is 13.2 Å². The smallest absolute Gasteiger partial charge is 0.191 e. The summed E-state index contributed by atoms with van der Waals surface area (Å²) in [6.45, 7) is 5.91. The Hall–Kier alpha value is -1.06. The lowest BCUT2D eigenvalue weighted by Gasteiger charge is -2.13. The summed E-state index contributed by atoms with van der Waals surface area (Å²) in [5, 5.41) is 0. The Labute approximate surface area is 90.0 Å². The minimum atomic E-state index is -0.203. The van der Waals surface area contributed by atoms with E-state index in [9.17, 15) is 0 Å².